The van der Waals surface area contributed by atoms with Crippen LogP contribution in [0.15, 0.2) is 41.0 Å². The second-order valence-electron chi connectivity index (χ2n) is 8.84. The zero-order valence-electron chi connectivity index (χ0n) is 16.6. The number of rotatable bonds is 5. The number of amides is 1. The summed E-state index contributed by atoms with van der Waals surface area (Å²) in [6.07, 6.45) is 3.73. The van der Waals surface area contributed by atoms with Crippen molar-refractivity contribution >= 4 is 5.91 Å². The molecular formula is C21H30N4O2. The number of carbonyl (C=O) groups excluding carboxylic acids is 1. The standard InChI is InChI=1S/C21H30N4O2/c1-20(2)11-15(12-21(3,4)25-20)23-18(26)17-13-27-19(24-17)16(22)10-14-8-6-5-7-9-14/h5-9,13,15-16,25H,10-12,22H2,1-4H3,(H,23,26). The van der Waals surface area contributed by atoms with Gasteiger partial charge in [0, 0.05) is 17.1 Å². The molecule has 1 saturated heterocycles. The van der Waals surface area contributed by atoms with Gasteiger partial charge in [-0.05, 0) is 52.5 Å². The number of carbonyl (C=O) groups is 1. The predicted molar refractivity (Wildman–Crippen MR) is 105 cm³/mol. The van der Waals surface area contributed by atoms with E-state index in [1.807, 2.05) is 30.3 Å². The van der Waals surface area contributed by atoms with Gasteiger partial charge in [-0.1, -0.05) is 30.3 Å². The monoisotopic (exact) mass is 370 g/mol. The SMILES string of the molecule is CC1(C)CC(NC(=O)c2coc(C(N)Cc3ccccc3)n2)CC(C)(C)N1. The van der Waals surface area contributed by atoms with Gasteiger partial charge < -0.3 is 20.8 Å². The zero-order chi connectivity index (χ0) is 19.7. The number of oxazole rings is 1. The minimum atomic E-state index is -0.384. The Kier molecular flexibility index (Phi) is 5.40. The molecule has 2 heterocycles. The fourth-order valence-electron chi connectivity index (χ4n) is 4.20. The lowest BCUT2D eigenvalue weighted by molar-refractivity contribution is 0.0868. The lowest BCUT2D eigenvalue weighted by atomic mass is 9.79. The van der Waals surface area contributed by atoms with Crippen molar-refractivity contribution in [2.45, 2.75) is 70.1 Å². The van der Waals surface area contributed by atoms with E-state index in [4.69, 9.17) is 10.2 Å². The van der Waals surface area contributed by atoms with Gasteiger partial charge in [0.2, 0.25) is 5.89 Å². The molecule has 1 aromatic carbocycles. The van der Waals surface area contributed by atoms with Gasteiger partial charge in [0.25, 0.3) is 5.91 Å². The van der Waals surface area contributed by atoms with Crippen LogP contribution in [0.2, 0.25) is 0 Å². The summed E-state index contributed by atoms with van der Waals surface area (Å²) >= 11 is 0. The number of benzene rings is 1. The zero-order valence-corrected chi connectivity index (χ0v) is 16.6. The van der Waals surface area contributed by atoms with E-state index >= 15 is 0 Å². The molecule has 2 aromatic rings. The average Bonchev–Trinajstić information content (AvgIpc) is 3.03. The first-order valence-corrected chi connectivity index (χ1v) is 9.49. The van der Waals surface area contributed by atoms with Crippen molar-refractivity contribution in [3.63, 3.8) is 0 Å². The van der Waals surface area contributed by atoms with E-state index in [0.717, 1.165) is 18.4 Å². The first kappa shape index (κ1) is 19.6. The van der Waals surface area contributed by atoms with Crippen molar-refractivity contribution in [3.05, 3.63) is 53.7 Å². The summed E-state index contributed by atoms with van der Waals surface area (Å²) in [5, 5.41) is 6.72. The molecule has 4 N–H and O–H groups in total. The normalized spacial score (nSPS) is 20.2. The van der Waals surface area contributed by atoms with Crippen LogP contribution in [0.3, 0.4) is 0 Å². The number of nitrogens with one attached hydrogen (secondary N) is 2. The van der Waals surface area contributed by atoms with Crippen LogP contribution in [0.1, 0.15) is 68.5 Å². The molecule has 1 fully saturated rings. The first-order chi connectivity index (χ1) is 12.6. The minimum Gasteiger partial charge on any atom is -0.446 e. The molecule has 27 heavy (non-hydrogen) atoms. The Bertz CT molecular complexity index is 766. The average molecular weight is 370 g/mol. The van der Waals surface area contributed by atoms with E-state index in [-0.39, 0.29) is 34.8 Å². The van der Waals surface area contributed by atoms with Crippen molar-refractivity contribution in [1.29, 1.82) is 0 Å². The second kappa shape index (κ2) is 7.44. The van der Waals surface area contributed by atoms with Crippen LogP contribution in [0.4, 0.5) is 0 Å². The Morgan fingerprint density at radius 1 is 1.26 bits per heavy atom. The van der Waals surface area contributed by atoms with Gasteiger partial charge in [-0.3, -0.25) is 4.79 Å². The molecule has 1 aromatic heterocycles. The highest BCUT2D eigenvalue weighted by atomic mass is 16.3. The molecule has 1 unspecified atom stereocenters. The Labute approximate surface area is 160 Å². The molecule has 6 nitrogen and oxygen atoms in total. The molecule has 1 amide bonds. The highest BCUT2D eigenvalue weighted by molar-refractivity contribution is 5.92. The lowest BCUT2D eigenvalue weighted by Gasteiger charge is -2.46. The molecule has 146 valence electrons. The van der Waals surface area contributed by atoms with Crippen molar-refractivity contribution in [2.24, 2.45) is 5.73 Å². The van der Waals surface area contributed by atoms with Crippen LogP contribution in [0, 0.1) is 0 Å². The minimum absolute atomic E-state index is 0.0350. The number of piperidine rings is 1. The number of hydrogen-bond donors (Lipinski definition) is 3. The number of hydrogen-bond acceptors (Lipinski definition) is 5. The van der Waals surface area contributed by atoms with Gasteiger partial charge in [-0.15, -0.1) is 0 Å². The smallest absolute Gasteiger partial charge is 0.273 e. The van der Waals surface area contributed by atoms with Crippen molar-refractivity contribution in [1.82, 2.24) is 15.6 Å². The van der Waals surface area contributed by atoms with Crippen molar-refractivity contribution in [3.8, 4) is 0 Å². The van der Waals surface area contributed by atoms with Gasteiger partial charge in [0.05, 0.1) is 6.04 Å². The summed E-state index contributed by atoms with van der Waals surface area (Å²) < 4.78 is 5.48. The molecule has 1 atom stereocenters. The van der Waals surface area contributed by atoms with Gasteiger partial charge in [0.1, 0.15) is 6.26 Å². The Morgan fingerprint density at radius 2 is 1.89 bits per heavy atom. The molecule has 0 saturated carbocycles. The van der Waals surface area contributed by atoms with Crippen LogP contribution in [-0.4, -0.2) is 28.0 Å². The van der Waals surface area contributed by atoms with Gasteiger partial charge >= 0.3 is 0 Å². The number of nitrogens with two attached hydrogens (primary N) is 1. The number of nitrogens with zero attached hydrogens (tertiary/aromatic N) is 1. The van der Waals surface area contributed by atoms with Crippen molar-refractivity contribution < 1.29 is 9.21 Å². The maximum absolute atomic E-state index is 12.6. The van der Waals surface area contributed by atoms with Crippen LogP contribution < -0.4 is 16.4 Å². The molecule has 1 aliphatic rings. The first-order valence-electron chi connectivity index (χ1n) is 9.49. The number of aromatic nitrogens is 1. The van der Waals surface area contributed by atoms with E-state index in [1.165, 1.54) is 6.26 Å². The highest BCUT2D eigenvalue weighted by Gasteiger charge is 2.38. The Balaban J connectivity index is 1.63. The summed E-state index contributed by atoms with van der Waals surface area (Å²) in [6.45, 7) is 8.63. The maximum atomic E-state index is 12.6. The third-order valence-corrected chi connectivity index (χ3v) is 4.90. The topological polar surface area (TPSA) is 93.2 Å². The summed E-state index contributed by atoms with van der Waals surface area (Å²) in [5.74, 6) is 0.172. The van der Waals surface area contributed by atoms with Crippen LogP contribution in [0.25, 0.3) is 0 Å². The van der Waals surface area contributed by atoms with Crippen LogP contribution in [-0.2, 0) is 6.42 Å². The van der Waals surface area contributed by atoms with E-state index in [2.05, 4.69) is 43.3 Å². The molecule has 0 spiro atoms. The highest BCUT2D eigenvalue weighted by Crippen LogP contribution is 2.28. The third-order valence-electron chi connectivity index (χ3n) is 4.90. The molecule has 0 radical (unpaired) electrons. The van der Waals surface area contributed by atoms with E-state index in [1.54, 1.807) is 0 Å². The maximum Gasteiger partial charge on any atom is 0.273 e. The fourth-order valence-corrected chi connectivity index (χ4v) is 4.20. The van der Waals surface area contributed by atoms with Crippen molar-refractivity contribution in [2.75, 3.05) is 0 Å². The van der Waals surface area contributed by atoms with E-state index in [0.29, 0.717) is 12.3 Å². The van der Waals surface area contributed by atoms with Gasteiger partial charge in [0.15, 0.2) is 5.69 Å². The summed E-state index contributed by atoms with van der Waals surface area (Å²) in [5.41, 5.74) is 7.51. The van der Waals surface area contributed by atoms with E-state index < -0.39 is 0 Å². The van der Waals surface area contributed by atoms with Gasteiger partial charge in [-0.25, -0.2) is 4.98 Å². The molecule has 1 aliphatic heterocycles. The molecule has 6 heteroatoms. The fraction of sp³-hybridized carbons (Fsp3) is 0.524. The third kappa shape index (κ3) is 5.17. The molecular weight excluding hydrogens is 340 g/mol. The molecule has 0 bridgehead atoms. The quantitative estimate of drug-likeness (QED) is 0.752. The van der Waals surface area contributed by atoms with Crippen LogP contribution in [0.5, 0.6) is 0 Å². The van der Waals surface area contributed by atoms with E-state index in [9.17, 15) is 4.79 Å². The molecule has 0 aliphatic carbocycles. The lowest BCUT2D eigenvalue weighted by Crippen LogP contribution is -2.62. The van der Waals surface area contributed by atoms with Crippen LogP contribution >= 0.6 is 0 Å². The predicted octanol–water partition coefficient (Wildman–Crippen LogP) is 2.96. The second-order valence-corrected chi connectivity index (χ2v) is 8.84. The molecule has 3 rings (SSSR count). The van der Waals surface area contributed by atoms with Gasteiger partial charge in [-0.2, -0.15) is 0 Å². The summed E-state index contributed by atoms with van der Waals surface area (Å²) in [7, 11) is 0. The summed E-state index contributed by atoms with van der Waals surface area (Å²) in [6, 6.07) is 9.63. The Morgan fingerprint density at radius 3 is 2.52 bits per heavy atom. The summed E-state index contributed by atoms with van der Waals surface area (Å²) in [4.78, 5) is 17.0. The largest absolute Gasteiger partial charge is 0.446 e. The Hall–Kier alpha value is -2.18.